The van der Waals surface area contributed by atoms with Crippen molar-refractivity contribution in [2.24, 2.45) is 0 Å². The smallest absolute Gasteiger partial charge is 0.151 e. The maximum Gasteiger partial charge on any atom is 0.151 e. The van der Waals surface area contributed by atoms with Crippen molar-refractivity contribution in [3.63, 3.8) is 0 Å². The molecule has 1 aromatic rings. The molecule has 0 bridgehead atoms. The minimum Gasteiger partial charge on any atom is -0.229 e. The van der Waals surface area contributed by atoms with Crippen LogP contribution in [0.25, 0.3) is 0 Å². The molecule has 0 saturated heterocycles. The summed E-state index contributed by atoms with van der Waals surface area (Å²) in [6.45, 7) is 1.61. The maximum absolute atomic E-state index is 13.3. The van der Waals surface area contributed by atoms with Gasteiger partial charge in [0.1, 0.15) is 5.82 Å². The second-order valence-electron chi connectivity index (χ2n) is 3.12. The lowest BCUT2D eigenvalue weighted by Crippen LogP contribution is -2.03. The number of rotatable bonds is 2. The van der Waals surface area contributed by atoms with Gasteiger partial charge in [0.15, 0.2) is 9.84 Å². The molecule has 0 spiro atoms. The molecular formula is C9H11FO2S. The first-order chi connectivity index (χ1) is 5.90. The summed E-state index contributed by atoms with van der Waals surface area (Å²) < 4.78 is 35.1. The van der Waals surface area contributed by atoms with Crippen LogP contribution in [0.4, 0.5) is 4.39 Å². The molecule has 0 N–H and O–H groups in total. The lowest BCUT2D eigenvalue weighted by Gasteiger charge is -2.03. The van der Waals surface area contributed by atoms with Crippen molar-refractivity contribution in [3.8, 4) is 0 Å². The third-order valence-corrected chi connectivity index (χ3v) is 2.52. The van der Waals surface area contributed by atoms with Crippen LogP contribution in [0.15, 0.2) is 18.2 Å². The molecule has 0 atom stereocenters. The summed E-state index contributed by atoms with van der Waals surface area (Å²) in [6, 6.07) is 4.75. The number of hydrogen-bond acceptors (Lipinski definition) is 2. The summed E-state index contributed by atoms with van der Waals surface area (Å²) in [4.78, 5) is 0. The molecule has 0 amide bonds. The molecule has 0 fully saturated rings. The fourth-order valence-corrected chi connectivity index (χ4v) is 1.89. The van der Waals surface area contributed by atoms with Crippen LogP contribution in [0.2, 0.25) is 0 Å². The maximum atomic E-state index is 13.3. The van der Waals surface area contributed by atoms with Crippen LogP contribution < -0.4 is 0 Å². The average molecular weight is 202 g/mol. The molecule has 0 radical (unpaired) electrons. The van der Waals surface area contributed by atoms with Crippen molar-refractivity contribution >= 4 is 9.84 Å². The number of benzene rings is 1. The van der Waals surface area contributed by atoms with E-state index < -0.39 is 15.7 Å². The molecule has 0 aliphatic heterocycles. The molecule has 0 saturated carbocycles. The molecule has 2 nitrogen and oxygen atoms in total. The Kier molecular flexibility index (Phi) is 2.71. The monoisotopic (exact) mass is 202 g/mol. The van der Waals surface area contributed by atoms with Gasteiger partial charge in [0.2, 0.25) is 0 Å². The lowest BCUT2D eigenvalue weighted by molar-refractivity contribution is 0.588. The standard InChI is InChI=1S/C9H11FO2S/c1-7-4-3-5-8(9(7)10)6-13(2,11)12/h3-5H,6H2,1-2H3. The van der Waals surface area contributed by atoms with E-state index in [9.17, 15) is 12.8 Å². The molecular weight excluding hydrogens is 191 g/mol. The van der Waals surface area contributed by atoms with Crippen LogP contribution in [0.5, 0.6) is 0 Å². The zero-order chi connectivity index (χ0) is 10.1. The summed E-state index contributed by atoms with van der Waals surface area (Å²) in [5, 5.41) is 0. The van der Waals surface area contributed by atoms with E-state index in [-0.39, 0.29) is 11.3 Å². The van der Waals surface area contributed by atoms with E-state index in [0.717, 1.165) is 6.26 Å². The van der Waals surface area contributed by atoms with Crippen molar-refractivity contribution in [2.45, 2.75) is 12.7 Å². The highest BCUT2D eigenvalue weighted by atomic mass is 32.2. The number of hydrogen-bond donors (Lipinski definition) is 0. The van der Waals surface area contributed by atoms with Gasteiger partial charge in [-0.1, -0.05) is 18.2 Å². The van der Waals surface area contributed by atoms with Crippen molar-refractivity contribution in [1.82, 2.24) is 0 Å². The van der Waals surface area contributed by atoms with Crippen LogP contribution in [0.1, 0.15) is 11.1 Å². The first-order valence-corrected chi connectivity index (χ1v) is 5.88. The van der Waals surface area contributed by atoms with Gasteiger partial charge in [0.25, 0.3) is 0 Å². The highest BCUT2D eigenvalue weighted by molar-refractivity contribution is 7.89. The minimum absolute atomic E-state index is 0.236. The van der Waals surface area contributed by atoms with E-state index in [4.69, 9.17) is 0 Å². The lowest BCUT2D eigenvalue weighted by atomic mass is 10.1. The Bertz CT molecular complexity index is 410. The van der Waals surface area contributed by atoms with E-state index in [1.165, 1.54) is 6.07 Å². The van der Waals surface area contributed by atoms with Crippen LogP contribution >= 0.6 is 0 Å². The largest absolute Gasteiger partial charge is 0.229 e. The SMILES string of the molecule is Cc1cccc(CS(C)(=O)=O)c1F. The molecule has 1 rings (SSSR count). The van der Waals surface area contributed by atoms with Crippen molar-refractivity contribution in [2.75, 3.05) is 6.26 Å². The summed E-state index contributed by atoms with van der Waals surface area (Å²) in [6.07, 6.45) is 1.09. The van der Waals surface area contributed by atoms with Crippen molar-refractivity contribution in [1.29, 1.82) is 0 Å². The summed E-state index contributed by atoms with van der Waals surface area (Å²) in [5.41, 5.74) is 0.712. The Balaban J connectivity index is 3.10. The Morgan fingerprint density at radius 2 is 2.00 bits per heavy atom. The number of sulfone groups is 1. The van der Waals surface area contributed by atoms with Crippen LogP contribution in [0, 0.1) is 12.7 Å². The highest BCUT2D eigenvalue weighted by Crippen LogP contribution is 2.14. The van der Waals surface area contributed by atoms with Gasteiger partial charge in [-0.25, -0.2) is 12.8 Å². The van der Waals surface area contributed by atoms with Gasteiger partial charge in [-0.05, 0) is 12.5 Å². The van der Waals surface area contributed by atoms with E-state index in [0.29, 0.717) is 5.56 Å². The first-order valence-electron chi connectivity index (χ1n) is 3.82. The Hall–Kier alpha value is -0.900. The molecule has 0 heterocycles. The van der Waals surface area contributed by atoms with E-state index in [1.807, 2.05) is 0 Å². The molecule has 4 heteroatoms. The summed E-state index contributed by atoms with van der Waals surface area (Å²) in [7, 11) is -3.16. The topological polar surface area (TPSA) is 34.1 Å². The predicted octanol–water partition coefficient (Wildman–Crippen LogP) is 1.68. The van der Waals surface area contributed by atoms with Crippen LogP contribution in [0.3, 0.4) is 0 Å². The first kappa shape index (κ1) is 10.2. The van der Waals surface area contributed by atoms with Crippen molar-refractivity contribution in [3.05, 3.63) is 35.1 Å². The third-order valence-electron chi connectivity index (χ3n) is 1.69. The molecule has 0 aliphatic carbocycles. The van der Waals surface area contributed by atoms with Crippen LogP contribution in [-0.2, 0) is 15.6 Å². The Labute approximate surface area is 77.3 Å². The third kappa shape index (κ3) is 2.81. The zero-order valence-corrected chi connectivity index (χ0v) is 8.36. The van der Waals surface area contributed by atoms with Gasteiger partial charge in [-0.3, -0.25) is 0 Å². The second kappa shape index (κ2) is 3.46. The van der Waals surface area contributed by atoms with Crippen LogP contribution in [-0.4, -0.2) is 14.7 Å². The number of aryl methyl sites for hydroxylation is 1. The Morgan fingerprint density at radius 3 is 2.54 bits per heavy atom. The van der Waals surface area contributed by atoms with Gasteiger partial charge in [-0.2, -0.15) is 0 Å². The molecule has 0 aliphatic rings. The Morgan fingerprint density at radius 1 is 1.38 bits per heavy atom. The summed E-state index contributed by atoms with van der Waals surface area (Å²) >= 11 is 0. The van der Waals surface area contributed by atoms with Gasteiger partial charge in [0.05, 0.1) is 5.75 Å². The van der Waals surface area contributed by atoms with Gasteiger partial charge < -0.3 is 0 Å². The quantitative estimate of drug-likeness (QED) is 0.731. The normalized spacial score (nSPS) is 11.6. The van der Waals surface area contributed by atoms with E-state index in [2.05, 4.69) is 0 Å². The molecule has 0 unspecified atom stereocenters. The van der Waals surface area contributed by atoms with Crippen molar-refractivity contribution < 1.29 is 12.8 Å². The fourth-order valence-electron chi connectivity index (χ4n) is 1.10. The van der Waals surface area contributed by atoms with E-state index >= 15 is 0 Å². The molecule has 1 aromatic carbocycles. The highest BCUT2D eigenvalue weighted by Gasteiger charge is 2.10. The number of halogens is 1. The predicted molar refractivity (Wildman–Crippen MR) is 49.7 cm³/mol. The van der Waals surface area contributed by atoms with Gasteiger partial charge in [-0.15, -0.1) is 0 Å². The fraction of sp³-hybridized carbons (Fsp3) is 0.333. The van der Waals surface area contributed by atoms with E-state index in [1.54, 1.807) is 19.1 Å². The molecule has 13 heavy (non-hydrogen) atoms. The summed E-state index contributed by atoms with van der Waals surface area (Å²) in [5.74, 6) is -0.659. The van der Waals surface area contributed by atoms with Gasteiger partial charge in [0, 0.05) is 11.8 Å². The van der Waals surface area contributed by atoms with Gasteiger partial charge >= 0.3 is 0 Å². The minimum atomic E-state index is -3.16. The molecule has 72 valence electrons. The zero-order valence-electron chi connectivity index (χ0n) is 7.54. The second-order valence-corrected chi connectivity index (χ2v) is 5.26. The average Bonchev–Trinajstić information content (AvgIpc) is 1.96. The molecule has 0 aromatic heterocycles.